The molecule has 0 aromatic heterocycles. The van der Waals surface area contributed by atoms with Crippen molar-refractivity contribution in [3.63, 3.8) is 0 Å². The second-order valence-corrected chi connectivity index (χ2v) is 4.49. The lowest BCUT2D eigenvalue weighted by molar-refractivity contribution is -0.207. The third-order valence-electron chi connectivity index (χ3n) is 2.76. The summed E-state index contributed by atoms with van der Waals surface area (Å²) in [5.41, 5.74) is 0. The number of nitrogens with zero attached hydrogens (tertiary/aromatic N) is 2. The number of aliphatic hydroxyl groups excluding tert-OH is 1. The number of amides is 1. The minimum absolute atomic E-state index is 0.111. The van der Waals surface area contributed by atoms with E-state index in [9.17, 15) is 18.0 Å². The van der Waals surface area contributed by atoms with Crippen molar-refractivity contribution in [3.8, 4) is 0 Å². The van der Waals surface area contributed by atoms with Gasteiger partial charge >= 0.3 is 6.18 Å². The van der Waals surface area contributed by atoms with Crippen LogP contribution in [-0.2, 0) is 4.79 Å². The average Bonchev–Trinajstić information content (AvgIpc) is 2.97. The molecule has 7 heteroatoms. The molecule has 1 atom stereocenters. The van der Waals surface area contributed by atoms with E-state index in [4.69, 9.17) is 5.11 Å². The van der Waals surface area contributed by atoms with Gasteiger partial charge in [0.15, 0.2) is 6.10 Å². The Bertz CT molecular complexity index is 279. The van der Waals surface area contributed by atoms with Crippen LogP contribution in [0.3, 0.4) is 0 Å². The molecule has 0 aromatic carbocycles. The number of rotatable bonds is 5. The van der Waals surface area contributed by atoms with Crippen molar-refractivity contribution in [1.29, 1.82) is 0 Å². The Morgan fingerprint density at radius 3 is 2.35 bits per heavy atom. The summed E-state index contributed by atoms with van der Waals surface area (Å²) in [7, 11) is 3.03. The van der Waals surface area contributed by atoms with Crippen LogP contribution in [0.25, 0.3) is 0 Å². The molecule has 4 nitrogen and oxygen atoms in total. The van der Waals surface area contributed by atoms with Gasteiger partial charge in [0.05, 0.1) is 6.54 Å². The zero-order chi connectivity index (χ0) is 13.2. The first-order chi connectivity index (χ1) is 7.71. The molecule has 0 spiro atoms. The van der Waals surface area contributed by atoms with Crippen LogP contribution in [-0.4, -0.2) is 66.3 Å². The third-order valence-corrected chi connectivity index (χ3v) is 2.76. The van der Waals surface area contributed by atoms with Crippen LogP contribution in [0.2, 0.25) is 0 Å². The Kier molecular flexibility index (Phi) is 4.37. The number of hydrogen-bond donors (Lipinski definition) is 1. The molecule has 1 aliphatic rings. The van der Waals surface area contributed by atoms with Gasteiger partial charge in [0.25, 0.3) is 0 Å². The monoisotopic (exact) mass is 254 g/mol. The first-order valence-electron chi connectivity index (χ1n) is 5.40. The summed E-state index contributed by atoms with van der Waals surface area (Å²) in [6.07, 6.45) is -5.14. The summed E-state index contributed by atoms with van der Waals surface area (Å²) in [5, 5.41) is 8.84. The van der Waals surface area contributed by atoms with E-state index >= 15 is 0 Å². The van der Waals surface area contributed by atoms with Gasteiger partial charge in [-0.3, -0.25) is 9.69 Å². The van der Waals surface area contributed by atoms with Crippen molar-refractivity contribution >= 4 is 5.91 Å². The standard InChI is InChI=1S/C10H17F3N2O2/c1-14(5-8(16)10(11,12)13)6-9(17)15(2)7-3-4-7/h7-8,16H,3-6H2,1-2H3. The molecule has 0 heterocycles. The molecule has 0 radical (unpaired) electrons. The molecule has 0 aromatic rings. The fraction of sp³-hybridized carbons (Fsp3) is 0.900. The largest absolute Gasteiger partial charge is 0.415 e. The molecule has 0 bridgehead atoms. The Hall–Kier alpha value is -0.820. The summed E-state index contributed by atoms with van der Waals surface area (Å²) in [6.45, 7) is -0.701. The SMILES string of the molecule is CN(CC(=O)N(C)C1CC1)CC(O)C(F)(F)F. The van der Waals surface area contributed by atoms with Gasteiger partial charge in [-0.2, -0.15) is 13.2 Å². The van der Waals surface area contributed by atoms with E-state index in [0.717, 1.165) is 12.8 Å². The number of halogens is 3. The second-order valence-electron chi connectivity index (χ2n) is 4.49. The summed E-state index contributed by atoms with van der Waals surface area (Å²) >= 11 is 0. The summed E-state index contributed by atoms with van der Waals surface area (Å²) < 4.78 is 36.2. The van der Waals surface area contributed by atoms with Crippen LogP contribution in [0.5, 0.6) is 0 Å². The van der Waals surface area contributed by atoms with E-state index in [2.05, 4.69) is 0 Å². The van der Waals surface area contributed by atoms with Crippen LogP contribution in [0.4, 0.5) is 13.2 Å². The number of aliphatic hydroxyl groups is 1. The van der Waals surface area contributed by atoms with Crippen LogP contribution >= 0.6 is 0 Å². The Morgan fingerprint density at radius 1 is 1.41 bits per heavy atom. The van der Waals surface area contributed by atoms with Crippen molar-refractivity contribution in [2.75, 3.05) is 27.2 Å². The molecule has 1 N–H and O–H groups in total. The second kappa shape index (κ2) is 5.22. The van der Waals surface area contributed by atoms with Gasteiger partial charge in [0, 0.05) is 19.6 Å². The van der Waals surface area contributed by atoms with Crippen molar-refractivity contribution < 1.29 is 23.1 Å². The predicted molar refractivity (Wildman–Crippen MR) is 55.4 cm³/mol. The number of carbonyl (C=O) groups excluding carboxylic acids is 1. The van der Waals surface area contributed by atoms with Gasteiger partial charge in [-0.25, -0.2) is 0 Å². The van der Waals surface area contributed by atoms with Crippen molar-refractivity contribution in [2.45, 2.75) is 31.2 Å². The van der Waals surface area contributed by atoms with Crippen molar-refractivity contribution in [3.05, 3.63) is 0 Å². The number of likely N-dealkylation sites (N-methyl/N-ethyl adjacent to an activating group) is 2. The molecule has 0 saturated heterocycles. The molecule has 17 heavy (non-hydrogen) atoms. The lowest BCUT2D eigenvalue weighted by Crippen LogP contribution is -2.44. The maximum atomic E-state index is 12.1. The van der Waals surface area contributed by atoms with E-state index in [0.29, 0.717) is 0 Å². The van der Waals surface area contributed by atoms with E-state index in [1.54, 1.807) is 11.9 Å². The van der Waals surface area contributed by atoms with Gasteiger partial charge in [-0.1, -0.05) is 0 Å². The molecule has 1 aliphatic carbocycles. The minimum Gasteiger partial charge on any atom is -0.382 e. The van der Waals surface area contributed by atoms with Gasteiger partial charge in [0.2, 0.25) is 5.91 Å². The lowest BCUT2D eigenvalue weighted by atomic mass is 10.3. The molecular weight excluding hydrogens is 237 g/mol. The van der Waals surface area contributed by atoms with Crippen molar-refractivity contribution in [2.24, 2.45) is 0 Å². The van der Waals surface area contributed by atoms with Crippen LogP contribution < -0.4 is 0 Å². The van der Waals surface area contributed by atoms with Crippen LogP contribution in [0.1, 0.15) is 12.8 Å². The van der Waals surface area contributed by atoms with Crippen LogP contribution in [0.15, 0.2) is 0 Å². The zero-order valence-electron chi connectivity index (χ0n) is 9.87. The molecule has 100 valence electrons. The fourth-order valence-corrected chi connectivity index (χ4v) is 1.47. The quantitative estimate of drug-likeness (QED) is 0.775. The van der Waals surface area contributed by atoms with E-state index in [1.807, 2.05) is 0 Å². The van der Waals surface area contributed by atoms with E-state index in [-0.39, 0.29) is 18.5 Å². The Balaban J connectivity index is 2.33. The van der Waals surface area contributed by atoms with E-state index < -0.39 is 18.8 Å². The third kappa shape index (κ3) is 4.51. The first kappa shape index (κ1) is 14.2. The maximum Gasteiger partial charge on any atom is 0.415 e. The topological polar surface area (TPSA) is 43.8 Å². The van der Waals surface area contributed by atoms with Gasteiger partial charge in [-0.15, -0.1) is 0 Å². The number of hydrogen-bond acceptors (Lipinski definition) is 3. The highest BCUT2D eigenvalue weighted by atomic mass is 19.4. The molecule has 1 unspecified atom stereocenters. The van der Waals surface area contributed by atoms with Crippen LogP contribution in [0, 0.1) is 0 Å². The highest BCUT2D eigenvalue weighted by molar-refractivity contribution is 5.78. The smallest absolute Gasteiger partial charge is 0.382 e. The maximum absolute atomic E-state index is 12.1. The lowest BCUT2D eigenvalue weighted by Gasteiger charge is -2.24. The number of carbonyl (C=O) groups is 1. The van der Waals surface area contributed by atoms with E-state index in [1.165, 1.54) is 11.9 Å². The molecule has 0 aliphatic heterocycles. The van der Waals surface area contributed by atoms with Gasteiger partial charge < -0.3 is 10.0 Å². The zero-order valence-corrected chi connectivity index (χ0v) is 9.87. The number of alkyl halides is 3. The van der Waals surface area contributed by atoms with Crippen molar-refractivity contribution in [1.82, 2.24) is 9.80 Å². The summed E-state index contributed by atoms with van der Waals surface area (Å²) in [5.74, 6) is -0.218. The highest BCUT2D eigenvalue weighted by Crippen LogP contribution is 2.25. The summed E-state index contributed by atoms with van der Waals surface area (Å²) in [4.78, 5) is 14.3. The predicted octanol–water partition coefficient (Wildman–Crippen LogP) is 0.462. The summed E-state index contributed by atoms with van der Waals surface area (Å²) in [6, 6.07) is 0.239. The van der Waals surface area contributed by atoms with Gasteiger partial charge in [-0.05, 0) is 19.9 Å². The fourth-order valence-electron chi connectivity index (χ4n) is 1.47. The molecule has 1 amide bonds. The molecule has 1 fully saturated rings. The Morgan fingerprint density at radius 2 is 1.94 bits per heavy atom. The van der Waals surface area contributed by atoms with Gasteiger partial charge in [0.1, 0.15) is 0 Å². The molecule has 1 saturated carbocycles. The highest BCUT2D eigenvalue weighted by Gasteiger charge is 2.39. The first-order valence-corrected chi connectivity index (χ1v) is 5.40. The average molecular weight is 254 g/mol. The molecule has 1 rings (SSSR count). The normalized spacial score (nSPS) is 18.3. The molecular formula is C10H17F3N2O2. The minimum atomic E-state index is -4.64. The Labute approximate surface area is 98.0 Å².